The molecule has 1 heterocycles. The predicted molar refractivity (Wildman–Crippen MR) is 196 cm³/mol. The molecule has 252 valence electrons. The van der Waals surface area contributed by atoms with Gasteiger partial charge in [0.25, 0.3) is 0 Å². The van der Waals surface area contributed by atoms with Crippen LogP contribution in [0.3, 0.4) is 0 Å². The molecule has 0 aliphatic heterocycles. The van der Waals surface area contributed by atoms with Gasteiger partial charge in [-0.1, -0.05) is 198 Å². The summed E-state index contributed by atoms with van der Waals surface area (Å²) < 4.78 is 2.54. The highest BCUT2D eigenvalue weighted by molar-refractivity contribution is 5.15. The van der Waals surface area contributed by atoms with E-state index in [0.29, 0.717) is 0 Å². The number of imidazole rings is 1. The van der Waals surface area contributed by atoms with Gasteiger partial charge in [0, 0.05) is 19.2 Å². The Balaban J connectivity index is 1.57. The van der Waals surface area contributed by atoms with Crippen LogP contribution in [0.25, 0.3) is 0 Å². The molecule has 0 N–H and O–H groups in total. The second-order valence-electron chi connectivity index (χ2n) is 13.9. The fourth-order valence-electron chi connectivity index (χ4n) is 6.75. The Bertz CT molecular complexity index is 854. The van der Waals surface area contributed by atoms with Crippen molar-refractivity contribution < 1.29 is 0 Å². The van der Waals surface area contributed by atoms with E-state index in [1.807, 2.05) is 0 Å². The van der Waals surface area contributed by atoms with E-state index in [9.17, 15) is 0 Å². The number of benzene rings is 1. The lowest BCUT2D eigenvalue weighted by Crippen LogP contribution is -2.03. The highest BCUT2D eigenvalue weighted by Crippen LogP contribution is 2.17. The van der Waals surface area contributed by atoms with Gasteiger partial charge in [-0.25, -0.2) is 4.98 Å². The van der Waals surface area contributed by atoms with Crippen LogP contribution in [-0.4, -0.2) is 9.55 Å². The highest BCUT2D eigenvalue weighted by atomic mass is 15.1. The summed E-state index contributed by atoms with van der Waals surface area (Å²) >= 11 is 0. The van der Waals surface area contributed by atoms with Gasteiger partial charge < -0.3 is 4.57 Å². The SMILES string of the molecule is CCCCCCCCCCCCCCCCCCCn1cc(CCCc2ccccc2)nc1CCCCCCCCCCC. The first-order valence-electron chi connectivity index (χ1n) is 19.9. The molecule has 0 amide bonds. The van der Waals surface area contributed by atoms with Crippen molar-refractivity contribution in [1.29, 1.82) is 0 Å². The van der Waals surface area contributed by atoms with Gasteiger partial charge in [-0.15, -0.1) is 0 Å². The minimum Gasteiger partial charge on any atom is -0.335 e. The van der Waals surface area contributed by atoms with Crippen molar-refractivity contribution in [3.05, 3.63) is 53.6 Å². The Hall–Kier alpha value is -1.57. The van der Waals surface area contributed by atoms with Crippen molar-refractivity contribution in [2.45, 2.75) is 213 Å². The van der Waals surface area contributed by atoms with Crippen LogP contribution in [0.2, 0.25) is 0 Å². The third kappa shape index (κ3) is 21.2. The molecule has 0 saturated heterocycles. The average molecular weight is 607 g/mol. The van der Waals surface area contributed by atoms with Gasteiger partial charge >= 0.3 is 0 Å². The smallest absolute Gasteiger partial charge is 0.108 e. The Labute approximate surface area is 275 Å². The molecular weight excluding hydrogens is 532 g/mol. The van der Waals surface area contributed by atoms with Gasteiger partial charge in [-0.05, 0) is 37.7 Å². The second-order valence-corrected chi connectivity index (χ2v) is 13.9. The first-order chi connectivity index (χ1) is 21.8. The summed E-state index contributed by atoms with van der Waals surface area (Å²) in [4.78, 5) is 5.17. The molecule has 0 radical (unpaired) electrons. The van der Waals surface area contributed by atoms with E-state index in [1.165, 1.54) is 190 Å². The lowest BCUT2D eigenvalue weighted by atomic mass is 10.0. The molecule has 1 aromatic heterocycles. The normalized spacial score (nSPS) is 11.5. The fourth-order valence-corrected chi connectivity index (χ4v) is 6.75. The van der Waals surface area contributed by atoms with Crippen molar-refractivity contribution in [1.82, 2.24) is 9.55 Å². The molecule has 0 bridgehead atoms. The number of aryl methyl sites for hydroxylation is 4. The van der Waals surface area contributed by atoms with Crippen LogP contribution in [0.4, 0.5) is 0 Å². The molecule has 1 aromatic carbocycles. The van der Waals surface area contributed by atoms with E-state index >= 15 is 0 Å². The van der Waals surface area contributed by atoms with Gasteiger partial charge in [0.2, 0.25) is 0 Å². The summed E-state index contributed by atoms with van der Waals surface area (Å²) in [7, 11) is 0. The summed E-state index contributed by atoms with van der Waals surface area (Å²) in [6.07, 6.45) is 43.9. The molecule has 44 heavy (non-hydrogen) atoms. The van der Waals surface area contributed by atoms with E-state index < -0.39 is 0 Å². The van der Waals surface area contributed by atoms with Gasteiger partial charge in [0.15, 0.2) is 0 Å². The number of hydrogen-bond acceptors (Lipinski definition) is 1. The maximum absolute atomic E-state index is 5.17. The van der Waals surface area contributed by atoms with E-state index in [2.05, 4.69) is 54.9 Å². The van der Waals surface area contributed by atoms with E-state index in [4.69, 9.17) is 4.98 Å². The first kappa shape index (κ1) is 38.6. The number of nitrogens with zero attached hydrogens (tertiary/aromatic N) is 2. The molecule has 0 aliphatic rings. The quantitative estimate of drug-likeness (QED) is 0.0757. The summed E-state index contributed by atoms with van der Waals surface area (Å²) in [6.45, 7) is 5.78. The number of unbranched alkanes of at least 4 members (excludes halogenated alkanes) is 24. The molecule has 0 atom stereocenters. The first-order valence-corrected chi connectivity index (χ1v) is 19.9. The predicted octanol–water partition coefficient (Wildman–Crippen LogP) is 13.8. The molecule has 0 unspecified atom stereocenters. The Kier molecular flexibility index (Phi) is 25.3. The molecule has 2 nitrogen and oxygen atoms in total. The van der Waals surface area contributed by atoms with Crippen molar-refractivity contribution in [3.63, 3.8) is 0 Å². The number of hydrogen-bond donors (Lipinski definition) is 0. The zero-order chi connectivity index (χ0) is 31.2. The molecular formula is C42H74N2. The van der Waals surface area contributed by atoms with E-state index in [-0.39, 0.29) is 0 Å². The van der Waals surface area contributed by atoms with Crippen molar-refractivity contribution >= 4 is 0 Å². The monoisotopic (exact) mass is 607 g/mol. The summed E-state index contributed by atoms with van der Waals surface area (Å²) in [5.41, 5.74) is 2.77. The molecule has 0 spiro atoms. The zero-order valence-corrected chi connectivity index (χ0v) is 29.8. The average Bonchev–Trinajstić information content (AvgIpc) is 3.43. The lowest BCUT2D eigenvalue weighted by molar-refractivity contribution is 0.513. The summed E-state index contributed by atoms with van der Waals surface area (Å²) in [6, 6.07) is 10.9. The second kappa shape index (κ2) is 28.9. The molecule has 2 heteroatoms. The molecule has 0 fully saturated rings. The maximum Gasteiger partial charge on any atom is 0.108 e. The number of rotatable bonds is 32. The van der Waals surface area contributed by atoms with Crippen LogP contribution in [0, 0.1) is 0 Å². The van der Waals surface area contributed by atoms with Crippen LogP contribution in [-0.2, 0) is 25.8 Å². The molecule has 2 rings (SSSR count). The fraction of sp³-hybridized carbons (Fsp3) is 0.786. The van der Waals surface area contributed by atoms with Crippen LogP contribution in [0.1, 0.15) is 204 Å². The van der Waals surface area contributed by atoms with Crippen molar-refractivity contribution in [3.8, 4) is 0 Å². The van der Waals surface area contributed by atoms with Crippen molar-refractivity contribution in [2.75, 3.05) is 0 Å². The van der Waals surface area contributed by atoms with Gasteiger partial charge in [-0.3, -0.25) is 0 Å². The van der Waals surface area contributed by atoms with Crippen LogP contribution in [0.5, 0.6) is 0 Å². The topological polar surface area (TPSA) is 17.8 Å². The molecule has 0 saturated carbocycles. The Morgan fingerprint density at radius 3 is 1.34 bits per heavy atom. The largest absolute Gasteiger partial charge is 0.335 e. The minimum atomic E-state index is 1.10. The van der Waals surface area contributed by atoms with E-state index in [0.717, 1.165) is 25.8 Å². The summed E-state index contributed by atoms with van der Waals surface area (Å²) in [5.74, 6) is 1.36. The Morgan fingerprint density at radius 2 is 0.864 bits per heavy atom. The van der Waals surface area contributed by atoms with Crippen LogP contribution in [0.15, 0.2) is 36.5 Å². The van der Waals surface area contributed by atoms with Gasteiger partial charge in [0.05, 0.1) is 5.69 Å². The summed E-state index contributed by atoms with van der Waals surface area (Å²) in [5, 5.41) is 0. The maximum atomic E-state index is 5.17. The van der Waals surface area contributed by atoms with Crippen molar-refractivity contribution in [2.24, 2.45) is 0 Å². The third-order valence-electron chi connectivity index (χ3n) is 9.66. The third-order valence-corrected chi connectivity index (χ3v) is 9.66. The minimum absolute atomic E-state index is 1.10. The van der Waals surface area contributed by atoms with E-state index in [1.54, 1.807) is 0 Å². The lowest BCUT2D eigenvalue weighted by Gasteiger charge is -2.08. The van der Waals surface area contributed by atoms with Gasteiger partial charge in [-0.2, -0.15) is 0 Å². The highest BCUT2D eigenvalue weighted by Gasteiger charge is 2.09. The zero-order valence-electron chi connectivity index (χ0n) is 29.8. The number of aromatic nitrogens is 2. The van der Waals surface area contributed by atoms with Crippen LogP contribution < -0.4 is 0 Å². The van der Waals surface area contributed by atoms with Crippen LogP contribution >= 0.6 is 0 Å². The van der Waals surface area contributed by atoms with Gasteiger partial charge in [0.1, 0.15) is 5.82 Å². The Morgan fingerprint density at radius 1 is 0.432 bits per heavy atom. The molecule has 2 aromatic rings. The standard InChI is InChI=1S/C42H74N2/c1-3-5-7-9-11-13-14-15-16-17-18-19-20-22-24-26-31-38-44-39-41(36-32-35-40-33-28-27-29-34-40)43-42(44)37-30-25-23-21-12-10-8-6-4-2/h27-29,33-34,39H,3-26,30-32,35-38H2,1-2H3. The molecule has 0 aliphatic carbocycles.